The van der Waals surface area contributed by atoms with E-state index in [0.717, 1.165) is 22.2 Å². The maximum atomic E-state index is 13.1. The van der Waals surface area contributed by atoms with E-state index < -0.39 is 0 Å². The molecule has 0 amide bonds. The molecule has 0 bridgehead atoms. The minimum Gasteiger partial charge on any atom is -0.467 e. The van der Waals surface area contributed by atoms with E-state index in [9.17, 15) is 4.39 Å². The van der Waals surface area contributed by atoms with Crippen LogP contribution in [0, 0.1) is 5.82 Å². The van der Waals surface area contributed by atoms with Gasteiger partial charge in [0.2, 0.25) is 0 Å². The lowest BCUT2D eigenvalue weighted by Crippen LogP contribution is -2.04. The molecule has 0 saturated heterocycles. The Bertz CT molecular complexity index is 969. The van der Waals surface area contributed by atoms with Crippen LogP contribution in [-0.2, 0) is 12.3 Å². The number of hydrogen-bond donors (Lipinski definition) is 0. The van der Waals surface area contributed by atoms with Crippen molar-refractivity contribution in [1.29, 1.82) is 0 Å². The highest BCUT2D eigenvalue weighted by Gasteiger charge is 2.16. The van der Waals surface area contributed by atoms with Crippen molar-refractivity contribution < 1.29 is 8.81 Å². The monoisotopic (exact) mass is 366 g/mol. The number of rotatable bonds is 6. The van der Waals surface area contributed by atoms with E-state index in [4.69, 9.17) is 4.42 Å². The summed E-state index contributed by atoms with van der Waals surface area (Å²) in [7, 11) is 0. The normalized spacial score (nSPS) is 11.0. The van der Waals surface area contributed by atoms with Crippen LogP contribution in [0.5, 0.6) is 0 Å². The highest BCUT2D eigenvalue weighted by molar-refractivity contribution is 7.98. The molecule has 0 atom stereocenters. The zero-order valence-electron chi connectivity index (χ0n) is 13.7. The zero-order valence-corrected chi connectivity index (χ0v) is 14.6. The fourth-order valence-electron chi connectivity index (χ4n) is 2.51. The van der Waals surface area contributed by atoms with Gasteiger partial charge in [-0.2, -0.15) is 0 Å². The Morgan fingerprint density at radius 1 is 1.00 bits per heavy atom. The van der Waals surface area contributed by atoms with E-state index in [2.05, 4.69) is 15.2 Å². The van der Waals surface area contributed by atoms with E-state index in [1.807, 2.05) is 34.9 Å². The predicted octanol–water partition coefficient (Wildman–Crippen LogP) is 4.41. The summed E-state index contributed by atoms with van der Waals surface area (Å²) in [6, 6.07) is 15.9. The second-order valence-electron chi connectivity index (χ2n) is 5.60. The number of halogens is 1. The van der Waals surface area contributed by atoms with E-state index in [1.54, 1.807) is 36.4 Å². The fourth-order valence-corrected chi connectivity index (χ4v) is 3.40. The molecule has 26 heavy (non-hydrogen) atoms. The molecule has 0 aliphatic carbocycles. The first-order chi connectivity index (χ1) is 12.8. The van der Waals surface area contributed by atoms with Gasteiger partial charge in [-0.3, -0.25) is 9.55 Å². The zero-order chi connectivity index (χ0) is 17.8. The van der Waals surface area contributed by atoms with Crippen LogP contribution in [0.4, 0.5) is 4.39 Å². The maximum Gasteiger partial charge on any atom is 0.192 e. The molecule has 4 rings (SSSR count). The predicted molar refractivity (Wildman–Crippen MR) is 97.0 cm³/mol. The van der Waals surface area contributed by atoms with Gasteiger partial charge >= 0.3 is 0 Å². The maximum absolute atomic E-state index is 13.1. The van der Waals surface area contributed by atoms with E-state index >= 15 is 0 Å². The topological polar surface area (TPSA) is 56.7 Å². The van der Waals surface area contributed by atoms with Gasteiger partial charge in [-0.15, -0.1) is 10.2 Å². The summed E-state index contributed by atoms with van der Waals surface area (Å²) < 4.78 is 20.5. The van der Waals surface area contributed by atoms with Crippen LogP contribution in [0.1, 0.15) is 11.3 Å². The van der Waals surface area contributed by atoms with Crippen LogP contribution in [0.15, 0.2) is 76.6 Å². The molecule has 0 spiro atoms. The first kappa shape index (κ1) is 16.5. The third-order valence-corrected chi connectivity index (χ3v) is 4.82. The molecule has 0 unspecified atom stereocenters. The fraction of sp³-hybridized carbons (Fsp3) is 0.105. The van der Waals surface area contributed by atoms with E-state index in [0.29, 0.717) is 18.1 Å². The first-order valence-corrected chi connectivity index (χ1v) is 9.02. The Labute approximate surface area is 153 Å². The second-order valence-corrected chi connectivity index (χ2v) is 6.54. The minimum atomic E-state index is -0.239. The van der Waals surface area contributed by atoms with Gasteiger partial charge in [-0.1, -0.05) is 30.0 Å². The minimum absolute atomic E-state index is 0.239. The molecule has 130 valence electrons. The van der Waals surface area contributed by atoms with Gasteiger partial charge < -0.3 is 4.42 Å². The number of aromatic nitrogens is 4. The lowest BCUT2D eigenvalue weighted by atomic mass is 10.2. The van der Waals surface area contributed by atoms with Crippen molar-refractivity contribution in [1.82, 2.24) is 19.7 Å². The standard InChI is InChI=1S/C19H15FN4OS/c20-15-8-6-14(7-9-15)13-26-19-23-22-18(17-5-1-2-10-21-17)24(19)12-16-4-3-11-25-16/h1-11H,12-13H2. The summed E-state index contributed by atoms with van der Waals surface area (Å²) in [6.07, 6.45) is 3.37. The number of furan rings is 1. The summed E-state index contributed by atoms with van der Waals surface area (Å²) in [4.78, 5) is 4.38. The summed E-state index contributed by atoms with van der Waals surface area (Å²) in [5.74, 6) is 1.92. The molecule has 1 aromatic carbocycles. The highest BCUT2D eigenvalue weighted by Crippen LogP contribution is 2.26. The van der Waals surface area contributed by atoms with E-state index in [1.165, 1.54) is 12.1 Å². The summed E-state index contributed by atoms with van der Waals surface area (Å²) >= 11 is 1.54. The van der Waals surface area contributed by atoms with Crippen molar-refractivity contribution in [2.45, 2.75) is 17.5 Å². The van der Waals surface area contributed by atoms with E-state index in [-0.39, 0.29) is 5.82 Å². The Kier molecular flexibility index (Phi) is 4.79. The van der Waals surface area contributed by atoms with Crippen LogP contribution < -0.4 is 0 Å². The SMILES string of the molecule is Fc1ccc(CSc2nnc(-c3ccccn3)n2Cc2ccco2)cc1. The van der Waals surface area contributed by atoms with Crippen LogP contribution in [0.2, 0.25) is 0 Å². The van der Waals surface area contributed by atoms with Gasteiger partial charge in [0.25, 0.3) is 0 Å². The molecule has 7 heteroatoms. The molecule has 3 heterocycles. The number of pyridine rings is 1. The number of nitrogens with zero attached hydrogens (tertiary/aromatic N) is 4. The Hall–Kier alpha value is -2.93. The highest BCUT2D eigenvalue weighted by atomic mass is 32.2. The van der Waals surface area contributed by atoms with Gasteiger partial charge in [0, 0.05) is 11.9 Å². The smallest absolute Gasteiger partial charge is 0.192 e. The van der Waals surface area contributed by atoms with Crippen LogP contribution in [0.25, 0.3) is 11.5 Å². The lowest BCUT2D eigenvalue weighted by molar-refractivity contribution is 0.485. The van der Waals surface area contributed by atoms with Crippen molar-refractivity contribution in [2.24, 2.45) is 0 Å². The molecular formula is C19H15FN4OS. The first-order valence-electron chi connectivity index (χ1n) is 8.04. The summed E-state index contributed by atoms with van der Waals surface area (Å²) in [5.41, 5.74) is 1.77. The molecule has 5 nitrogen and oxygen atoms in total. The largest absolute Gasteiger partial charge is 0.467 e. The van der Waals surface area contributed by atoms with Gasteiger partial charge in [0.15, 0.2) is 11.0 Å². The number of hydrogen-bond acceptors (Lipinski definition) is 5. The molecule has 0 fully saturated rings. The van der Waals surface area contributed by atoms with Gasteiger partial charge in [0.05, 0.1) is 12.8 Å². The molecule has 4 aromatic rings. The summed E-state index contributed by atoms with van der Waals surface area (Å²) in [5, 5.41) is 9.40. The Balaban J connectivity index is 1.63. The Morgan fingerprint density at radius 2 is 1.88 bits per heavy atom. The molecule has 0 radical (unpaired) electrons. The number of thioether (sulfide) groups is 1. The number of benzene rings is 1. The third-order valence-electron chi connectivity index (χ3n) is 3.79. The van der Waals surface area contributed by atoms with Crippen molar-refractivity contribution >= 4 is 11.8 Å². The molecule has 0 saturated carbocycles. The molecule has 3 aromatic heterocycles. The van der Waals surface area contributed by atoms with Crippen molar-refractivity contribution in [3.8, 4) is 11.5 Å². The Morgan fingerprint density at radius 3 is 2.62 bits per heavy atom. The molecule has 0 aliphatic rings. The van der Waals surface area contributed by atoms with Gasteiger partial charge in [-0.05, 0) is 42.0 Å². The van der Waals surface area contributed by atoms with Gasteiger partial charge in [-0.25, -0.2) is 4.39 Å². The quantitative estimate of drug-likeness (QED) is 0.473. The molecule has 0 aliphatic heterocycles. The lowest BCUT2D eigenvalue weighted by Gasteiger charge is -2.08. The van der Waals surface area contributed by atoms with Crippen LogP contribution in [-0.4, -0.2) is 19.7 Å². The molecular weight excluding hydrogens is 351 g/mol. The average Bonchev–Trinajstić information content (AvgIpc) is 3.33. The third kappa shape index (κ3) is 3.67. The van der Waals surface area contributed by atoms with Crippen molar-refractivity contribution in [2.75, 3.05) is 0 Å². The average molecular weight is 366 g/mol. The summed E-state index contributed by atoms with van der Waals surface area (Å²) in [6.45, 7) is 0.512. The molecule has 0 N–H and O–H groups in total. The van der Waals surface area contributed by atoms with Crippen LogP contribution >= 0.6 is 11.8 Å². The van der Waals surface area contributed by atoms with Crippen molar-refractivity contribution in [3.05, 3.63) is 84.2 Å². The van der Waals surface area contributed by atoms with Gasteiger partial charge in [0.1, 0.15) is 17.3 Å². The van der Waals surface area contributed by atoms with Crippen molar-refractivity contribution in [3.63, 3.8) is 0 Å². The van der Waals surface area contributed by atoms with Crippen LogP contribution in [0.3, 0.4) is 0 Å². The second kappa shape index (κ2) is 7.53.